The van der Waals surface area contributed by atoms with E-state index >= 15 is 0 Å². The monoisotopic (exact) mass is 300 g/mol. The van der Waals surface area contributed by atoms with Gasteiger partial charge in [0.15, 0.2) is 5.96 Å². The van der Waals surface area contributed by atoms with Crippen LogP contribution in [0, 0.1) is 5.92 Å². The fraction of sp³-hybridized carbons (Fsp3) is 0.938. The maximum Gasteiger partial charge on any atom is 0.191 e. The molecule has 0 saturated carbocycles. The first-order valence-electron chi connectivity index (χ1n) is 8.31. The minimum atomic E-state index is 0.507. The maximum absolute atomic E-state index is 5.56. The molecule has 0 aromatic rings. The van der Waals surface area contributed by atoms with Crippen LogP contribution >= 0.6 is 0 Å². The summed E-state index contributed by atoms with van der Waals surface area (Å²) < 4.78 is 5.56. The van der Waals surface area contributed by atoms with Crippen molar-refractivity contribution in [2.24, 2.45) is 10.9 Å². The van der Waals surface area contributed by atoms with E-state index < -0.39 is 0 Å². The van der Waals surface area contributed by atoms with Crippen molar-refractivity contribution in [3.8, 4) is 0 Å². The van der Waals surface area contributed by atoms with Crippen molar-refractivity contribution in [1.29, 1.82) is 0 Å². The molecule has 0 aromatic heterocycles. The highest BCUT2D eigenvalue weighted by Crippen LogP contribution is 1.96. The number of nitrogens with zero attached hydrogens (tertiary/aromatic N) is 2. The minimum absolute atomic E-state index is 0.507. The molecule has 0 aliphatic heterocycles. The first kappa shape index (κ1) is 20.2. The van der Waals surface area contributed by atoms with E-state index in [1.807, 2.05) is 7.05 Å². The normalized spacial score (nSPS) is 13.8. The van der Waals surface area contributed by atoms with E-state index in [1.54, 1.807) is 0 Å². The third-order valence-electron chi connectivity index (χ3n) is 3.43. The summed E-state index contributed by atoms with van der Waals surface area (Å²) >= 11 is 0. The number of rotatable bonds is 11. The Bertz CT molecular complexity index is 265. The molecule has 0 bridgehead atoms. The minimum Gasteiger partial charge on any atom is -0.381 e. The molecular formula is C16H36N4O. The highest BCUT2D eigenvalue weighted by atomic mass is 16.5. The van der Waals surface area contributed by atoms with Gasteiger partial charge in [0, 0.05) is 39.4 Å². The predicted molar refractivity (Wildman–Crippen MR) is 92.0 cm³/mol. The van der Waals surface area contributed by atoms with Gasteiger partial charge in [0.2, 0.25) is 0 Å². The molecule has 0 amide bonds. The Balaban J connectivity index is 3.77. The second-order valence-corrected chi connectivity index (χ2v) is 5.77. The van der Waals surface area contributed by atoms with Gasteiger partial charge < -0.3 is 15.4 Å². The Kier molecular flexibility index (Phi) is 12.4. The van der Waals surface area contributed by atoms with Gasteiger partial charge in [0.1, 0.15) is 0 Å². The van der Waals surface area contributed by atoms with Crippen LogP contribution in [0.4, 0.5) is 0 Å². The zero-order valence-corrected chi connectivity index (χ0v) is 14.9. The molecule has 1 atom stereocenters. The highest BCUT2D eigenvalue weighted by Gasteiger charge is 2.10. The molecule has 0 heterocycles. The summed E-state index contributed by atoms with van der Waals surface area (Å²) in [6, 6.07) is 0.507. The lowest BCUT2D eigenvalue weighted by molar-refractivity contribution is 0.108. The molecule has 0 radical (unpaired) electrons. The van der Waals surface area contributed by atoms with Crippen molar-refractivity contribution < 1.29 is 4.74 Å². The van der Waals surface area contributed by atoms with Crippen molar-refractivity contribution in [2.45, 2.75) is 47.1 Å². The van der Waals surface area contributed by atoms with E-state index in [2.05, 4.69) is 55.1 Å². The number of hydrogen-bond donors (Lipinski definition) is 2. The quantitative estimate of drug-likeness (QED) is 0.348. The van der Waals surface area contributed by atoms with E-state index in [0.717, 1.165) is 51.8 Å². The van der Waals surface area contributed by atoms with Crippen molar-refractivity contribution >= 4 is 5.96 Å². The Hall–Kier alpha value is -0.810. The van der Waals surface area contributed by atoms with Crippen LogP contribution in [-0.2, 0) is 4.74 Å². The zero-order valence-electron chi connectivity index (χ0n) is 14.9. The van der Waals surface area contributed by atoms with Gasteiger partial charge >= 0.3 is 0 Å². The SMILES string of the molecule is CCN(CC)C(C)CNC(=NC)NCCCOCC(C)C. The molecule has 0 aliphatic rings. The standard InChI is InChI=1S/C16H36N4O/c1-7-20(8-2)15(5)12-19-16(17-6)18-10-9-11-21-13-14(3)4/h14-15H,7-13H2,1-6H3,(H2,17,18,19). The van der Waals surface area contributed by atoms with Gasteiger partial charge in [-0.15, -0.1) is 0 Å². The van der Waals surface area contributed by atoms with Crippen LogP contribution in [0.1, 0.15) is 41.0 Å². The van der Waals surface area contributed by atoms with Crippen LogP contribution in [0.5, 0.6) is 0 Å². The van der Waals surface area contributed by atoms with Crippen LogP contribution < -0.4 is 10.6 Å². The van der Waals surface area contributed by atoms with Gasteiger partial charge in [0.05, 0.1) is 0 Å². The number of nitrogens with one attached hydrogen (secondary N) is 2. The van der Waals surface area contributed by atoms with Gasteiger partial charge in [-0.2, -0.15) is 0 Å². The Morgan fingerprint density at radius 2 is 1.81 bits per heavy atom. The lowest BCUT2D eigenvalue weighted by atomic mass is 10.2. The molecule has 0 aliphatic carbocycles. The van der Waals surface area contributed by atoms with E-state index in [1.165, 1.54) is 0 Å². The topological polar surface area (TPSA) is 48.9 Å². The third kappa shape index (κ3) is 10.5. The summed E-state index contributed by atoms with van der Waals surface area (Å²) in [6.45, 7) is 16.6. The molecule has 0 rings (SSSR count). The van der Waals surface area contributed by atoms with E-state index in [0.29, 0.717) is 12.0 Å². The first-order valence-corrected chi connectivity index (χ1v) is 8.31. The molecule has 5 heteroatoms. The Morgan fingerprint density at radius 3 is 2.33 bits per heavy atom. The number of ether oxygens (including phenoxy) is 1. The smallest absolute Gasteiger partial charge is 0.191 e. The van der Waals surface area contributed by atoms with Gasteiger partial charge in [-0.3, -0.25) is 9.89 Å². The third-order valence-corrected chi connectivity index (χ3v) is 3.43. The van der Waals surface area contributed by atoms with Gasteiger partial charge in [-0.05, 0) is 32.4 Å². The molecule has 21 heavy (non-hydrogen) atoms. The zero-order chi connectivity index (χ0) is 16.1. The largest absolute Gasteiger partial charge is 0.381 e. The molecule has 1 unspecified atom stereocenters. The Labute approximate surface area is 131 Å². The van der Waals surface area contributed by atoms with Crippen molar-refractivity contribution in [1.82, 2.24) is 15.5 Å². The summed E-state index contributed by atoms with van der Waals surface area (Å²) in [5.41, 5.74) is 0. The molecule has 126 valence electrons. The average Bonchev–Trinajstić information content (AvgIpc) is 2.46. The summed E-state index contributed by atoms with van der Waals surface area (Å²) in [4.78, 5) is 6.68. The lowest BCUT2D eigenvalue weighted by Crippen LogP contribution is -2.46. The van der Waals surface area contributed by atoms with Crippen molar-refractivity contribution in [3.63, 3.8) is 0 Å². The molecule has 0 aromatic carbocycles. The van der Waals surface area contributed by atoms with E-state index in [9.17, 15) is 0 Å². The van der Waals surface area contributed by atoms with E-state index in [-0.39, 0.29) is 0 Å². The lowest BCUT2D eigenvalue weighted by Gasteiger charge is -2.27. The van der Waals surface area contributed by atoms with E-state index in [4.69, 9.17) is 4.74 Å². The second-order valence-electron chi connectivity index (χ2n) is 5.77. The van der Waals surface area contributed by atoms with Crippen molar-refractivity contribution in [3.05, 3.63) is 0 Å². The van der Waals surface area contributed by atoms with Crippen LogP contribution in [0.25, 0.3) is 0 Å². The second kappa shape index (κ2) is 12.9. The highest BCUT2D eigenvalue weighted by molar-refractivity contribution is 5.79. The number of aliphatic imine (C=N–C) groups is 1. The summed E-state index contributed by atoms with van der Waals surface area (Å²) in [7, 11) is 1.81. The van der Waals surface area contributed by atoms with Gasteiger partial charge in [-0.1, -0.05) is 27.7 Å². The van der Waals surface area contributed by atoms with Crippen LogP contribution in [0.3, 0.4) is 0 Å². The van der Waals surface area contributed by atoms with Crippen molar-refractivity contribution in [2.75, 3.05) is 46.4 Å². The summed E-state index contributed by atoms with van der Waals surface area (Å²) in [6.07, 6.45) is 0.999. The molecule has 0 saturated heterocycles. The summed E-state index contributed by atoms with van der Waals surface area (Å²) in [5.74, 6) is 1.48. The van der Waals surface area contributed by atoms with Crippen LogP contribution in [0.2, 0.25) is 0 Å². The van der Waals surface area contributed by atoms with Gasteiger partial charge in [0.25, 0.3) is 0 Å². The number of hydrogen-bond acceptors (Lipinski definition) is 3. The fourth-order valence-electron chi connectivity index (χ4n) is 2.14. The maximum atomic E-state index is 5.56. The number of guanidine groups is 1. The first-order chi connectivity index (χ1) is 10.0. The molecular weight excluding hydrogens is 264 g/mol. The molecule has 0 spiro atoms. The molecule has 5 nitrogen and oxygen atoms in total. The predicted octanol–water partition coefficient (Wildman–Crippen LogP) is 1.94. The number of likely N-dealkylation sites (N-methyl/N-ethyl adjacent to an activating group) is 1. The molecule has 2 N–H and O–H groups in total. The fourth-order valence-corrected chi connectivity index (χ4v) is 2.14. The van der Waals surface area contributed by atoms with Crippen LogP contribution in [-0.4, -0.2) is 63.3 Å². The van der Waals surface area contributed by atoms with Crippen LogP contribution in [0.15, 0.2) is 4.99 Å². The average molecular weight is 300 g/mol. The Morgan fingerprint density at radius 1 is 1.14 bits per heavy atom. The molecule has 0 fully saturated rings. The van der Waals surface area contributed by atoms with Gasteiger partial charge in [-0.25, -0.2) is 0 Å². The summed E-state index contributed by atoms with van der Waals surface area (Å²) in [5, 5.41) is 6.71.